The Morgan fingerprint density at radius 2 is 1.02 bits per heavy atom. The fraction of sp³-hybridized carbons (Fsp3) is 0.837. The zero-order chi connectivity index (χ0) is 38.2. The van der Waals surface area contributed by atoms with Crippen LogP contribution in [-0.2, 0) is 18.4 Å². The second-order valence-corrected chi connectivity index (χ2v) is 16.0. The highest BCUT2D eigenvalue weighted by molar-refractivity contribution is 7.47. The average Bonchev–Trinajstić information content (AvgIpc) is 3.13. The Labute approximate surface area is 320 Å². The second kappa shape index (κ2) is 39.4. The third kappa shape index (κ3) is 37.1. The summed E-state index contributed by atoms with van der Waals surface area (Å²) < 4.78 is 22.1. The summed E-state index contributed by atoms with van der Waals surface area (Å²) in [5, 5.41) is 13.6. The van der Waals surface area contributed by atoms with Gasteiger partial charge >= 0.3 is 7.82 Å². The van der Waals surface area contributed by atoms with Gasteiger partial charge < -0.3 is 21.1 Å². The molecule has 0 heterocycles. The number of aliphatic hydroxyl groups is 1. The van der Waals surface area contributed by atoms with E-state index in [1.165, 1.54) is 135 Å². The minimum atomic E-state index is -4.35. The number of hydrogen-bond donors (Lipinski definition) is 4. The van der Waals surface area contributed by atoms with E-state index >= 15 is 0 Å². The predicted molar refractivity (Wildman–Crippen MR) is 221 cm³/mol. The molecule has 0 fully saturated rings. The molecular formula is C43H83N2O6P. The summed E-state index contributed by atoms with van der Waals surface area (Å²) in [6, 6.07) is -0.879. The number of phosphoric acid groups is 1. The first kappa shape index (κ1) is 50.7. The molecule has 0 saturated heterocycles. The van der Waals surface area contributed by atoms with Gasteiger partial charge in [0.25, 0.3) is 0 Å². The van der Waals surface area contributed by atoms with Crippen molar-refractivity contribution in [3.63, 3.8) is 0 Å². The van der Waals surface area contributed by atoms with Gasteiger partial charge in [0.2, 0.25) is 5.91 Å². The summed E-state index contributed by atoms with van der Waals surface area (Å²) in [7, 11) is -4.35. The highest BCUT2D eigenvalue weighted by Crippen LogP contribution is 2.43. The zero-order valence-corrected chi connectivity index (χ0v) is 34.7. The van der Waals surface area contributed by atoms with Gasteiger partial charge in [-0.3, -0.25) is 13.8 Å². The molecule has 0 saturated carbocycles. The molecule has 3 unspecified atom stereocenters. The molecule has 0 aromatic carbocycles. The molecule has 306 valence electrons. The van der Waals surface area contributed by atoms with Crippen LogP contribution < -0.4 is 11.1 Å². The van der Waals surface area contributed by atoms with Gasteiger partial charge in [-0.25, -0.2) is 4.57 Å². The molecule has 5 N–H and O–H groups in total. The van der Waals surface area contributed by atoms with Crippen LogP contribution >= 0.6 is 7.82 Å². The van der Waals surface area contributed by atoms with Crippen molar-refractivity contribution in [1.29, 1.82) is 0 Å². The Hall–Kier alpha value is -1.28. The van der Waals surface area contributed by atoms with E-state index in [-0.39, 0.29) is 25.7 Å². The number of unbranched alkanes of at least 4 members (excludes halogenated alkanes) is 24. The van der Waals surface area contributed by atoms with E-state index in [4.69, 9.17) is 14.8 Å². The number of allylic oxidation sites excluding steroid dienone is 5. The van der Waals surface area contributed by atoms with Crippen molar-refractivity contribution < 1.29 is 28.4 Å². The van der Waals surface area contributed by atoms with Crippen LogP contribution in [0.1, 0.15) is 200 Å². The van der Waals surface area contributed by atoms with Crippen LogP contribution in [0.2, 0.25) is 0 Å². The summed E-state index contributed by atoms with van der Waals surface area (Å²) in [4.78, 5) is 22.7. The number of amides is 1. The SMILES string of the molecule is CCCCCCC/C=C/CC/C=C/CC/C=C/C(O)C(COP(=O)(O)OCCN)NC(=O)CCCCCCCCCCCCCCCCCCCC. The van der Waals surface area contributed by atoms with Gasteiger partial charge in [-0.05, 0) is 44.9 Å². The van der Waals surface area contributed by atoms with Gasteiger partial charge in [0.05, 0.1) is 25.4 Å². The highest BCUT2D eigenvalue weighted by atomic mass is 31.2. The third-order valence-electron chi connectivity index (χ3n) is 9.45. The maximum Gasteiger partial charge on any atom is 0.472 e. The van der Waals surface area contributed by atoms with E-state index in [0.717, 1.165) is 44.9 Å². The summed E-state index contributed by atoms with van der Waals surface area (Å²) in [5.74, 6) is -0.207. The second-order valence-electron chi connectivity index (χ2n) is 14.5. The van der Waals surface area contributed by atoms with Crippen molar-refractivity contribution in [2.75, 3.05) is 19.8 Å². The van der Waals surface area contributed by atoms with Crippen LogP contribution in [0.25, 0.3) is 0 Å². The fourth-order valence-corrected chi connectivity index (χ4v) is 6.92. The third-order valence-corrected chi connectivity index (χ3v) is 10.4. The molecule has 0 aromatic heterocycles. The lowest BCUT2D eigenvalue weighted by Gasteiger charge is -2.23. The molecule has 0 radical (unpaired) electrons. The first-order valence-electron chi connectivity index (χ1n) is 21.6. The number of phosphoric ester groups is 1. The smallest absolute Gasteiger partial charge is 0.387 e. The lowest BCUT2D eigenvalue weighted by Crippen LogP contribution is -2.45. The van der Waals surface area contributed by atoms with Crippen LogP contribution in [0.15, 0.2) is 36.5 Å². The summed E-state index contributed by atoms with van der Waals surface area (Å²) in [6.45, 7) is 4.10. The Kier molecular flexibility index (Phi) is 38.4. The molecule has 8 nitrogen and oxygen atoms in total. The minimum absolute atomic E-state index is 0.0726. The monoisotopic (exact) mass is 755 g/mol. The van der Waals surface area contributed by atoms with E-state index in [0.29, 0.717) is 6.42 Å². The first-order chi connectivity index (χ1) is 25.4. The lowest BCUT2D eigenvalue weighted by atomic mass is 10.0. The van der Waals surface area contributed by atoms with Crippen molar-refractivity contribution in [1.82, 2.24) is 5.32 Å². The van der Waals surface area contributed by atoms with Crippen molar-refractivity contribution in [3.8, 4) is 0 Å². The Balaban J connectivity index is 4.26. The van der Waals surface area contributed by atoms with Crippen LogP contribution in [0.4, 0.5) is 0 Å². The molecule has 1 amide bonds. The molecule has 0 aliphatic heterocycles. The van der Waals surface area contributed by atoms with Crippen molar-refractivity contribution in [2.24, 2.45) is 5.73 Å². The van der Waals surface area contributed by atoms with Crippen LogP contribution in [-0.4, -0.2) is 47.8 Å². The van der Waals surface area contributed by atoms with Crippen molar-refractivity contribution in [3.05, 3.63) is 36.5 Å². The maximum atomic E-state index is 12.7. The fourth-order valence-electron chi connectivity index (χ4n) is 6.16. The van der Waals surface area contributed by atoms with E-state index in [2.05, 4.69) is 43.5 Å². The standard InChI is InChI=1S/C43H83N2O6P/c1-3-5-7-9-11-13-15-17-19-20-21-23-25-27-29-31-33-35-37-43(47)45-41(40-51-52(48,49)50-39-38-44)42(46)36-34-32-30-28-26-24-22-18-16-14-12-10-8-6-4-2/h16,18,26,28,34,36,41-42,46H,3-15,17,19-25,27,29-33,35,37-40,44H2,1-2H3,(H,45,47)(H,48,49)/b18-16+,28-26+,36-34+. The average molecular weight is 755 g/mol. The van der Waals surface area contributed by atoms with Crippen molar-refractivity contribution in [2.45, 2.75) is 212 Å². The highest BCUT2D eigenvalue weighted by Gasteiger charge is 2.26. The summed E-state index contributed by atoms with van der Waals surface area (Å²) in [5.41, 5.74) is 5.37. The van der Waals surface area contributed by atoms with E-state index < -0.39 is 20.0 Å². The molecule has 0 bridgehead atoms. The number of carbonyl (C=O) groups excluding carboxylic acids is 1. The molecule has 52 heavy (non-hydrogen) atoms. The number of hydrogen-bond acceptors (Lipinski definition) is 6. The van der Waals surface area contributed by atoms with Crippen LogP contribution in [0.5, 0.6) is 0 Å². The van der Waals surface area contributed by atoms with E-state index in [9.17, 15) is 19.4 Å². The topological polar surface area (TPSA) is 131 Å². The Bertz CT molecular complexity index is 912. The molecule has 0 aliphatic rings. The quantitative estimate of drug-likeness (QED) is 0.0278. The van der Waals surface area contributed by atoms with Crippen LogP contribution in [0.3, 0.4) is 0 Å². The van der Waals surface area contributed by atoms with Gasteiger partial charge in [0.1, 0.15) is 0 Å². The van der Waals surface area contributed by atoms with Gasteiger partial charge in [-0.2, -0.15) is 0 Å². The molecule has 0 rings (SSSR count). The number of rotatable bonds is 40. The normalized spacial score (nSPS) is 14.5. The predicted octanol–water partition coefficient (Wildman–Crippen LogP) is 11.9. The van der Waals surface area contributed by atoms with Gasteiger partial charge in [-0.1, -0.05) is 185 Å². The van der Waals surface area contributed by atoms with Gasteiger partial charge in [-0.15, -0.1) is 0 Å². The molecule has 9 heteroatoms. The van der Waals surface area contributed by atoms with Crippen molar-refractivity contribution >= 4 is 13.7 Å². The number of aliphatic hydroxyl groups excluding tert-OH is 1. The first-order valence-corrected chi connectivity index (χ1v) is 23.1. The Morgan fingerprint density at radius 1 is 0.615 bits per heavy atom. The molecular weight excluding hydrogens is 671 g/mol. The van der Waals surface area contributed by atoms with Gasteiger partial charge in [0.15, 0.2) is 0 Å². The minimum Gasteiger partial charge on any atom is -0.387 e. The lowest BCUT2D eigenvalue weighted by molar-refractivity contribution is -0.123. The molecule has 0 spiro atoms. The Morgan fingerprint density at radius 3 is 1.48 bits per heavy atom. The number of nitrogens with two attached hydrogens (primary N) is 1. The zero-order valence-electron chi connectivity index (χ0n) is 33.8. The van der Waals surface area contributed by atoms with Crippen LogP contribution in [0, 0.1) is 0 Å². The largest absolute Gasteiger partial charge is 0.472 e. The maximum absolute atomic E-state index is 12.7. The molecule has 0 aromatic rings. The number of carbonyl (C=O) groups is 1. The summed E-state index contributed by atoms with van der Waals surface area (Å²) in [6.07, 6.45) is 46.2. The number of nitrogens with one attached hydrogen (secondary N) is 1. The van der Waals surface area contributed by atoms with Gasteiger partial charge in [0, 0.05) is 13.0 Å². The van der Waals surface area contributed by atoms with E-state index in [1.807, 2.05) is 6.08 Å². The molecule has 0 aliphatic carbocycles. The molecule has 3 atom stereocenters. The van der Waals surface area contributed by atoms with E-state index in [1.54, 1.807) is 6.08 Å². The summed E-state index contributed by atoms with van der Waals surface area (Å²) >= 11 is 0.